The van der Waals surface area contributed by atoms with Crippen molar-refractivity contribution < 1.29 is 5.11 Å². The number of nitrogens with zero attached hydrogens (tertiary/aromatic N) is 2. The molecular formula is C13H17N3OS. The summed E-state index contributed by atoms with van der Waals surface area (Å²) in [5.74, 6) is 0.971. The van der Waals surface area contributed by atoms with Crippen molar-refractivity contribution in [2.75, 3.05) is 0 Å². The molecule has 1 heterocycles. The Bertz CT molecular complexity index is 564. The first-order chi connectivity index (χ1) is 8.61. The zero-order valence-electron chi connectivity index (χ0n) is 10.3. The van der Waals surface area contributed by atoms with Crippen molar-refractivity contribution in [3.63, 3.8) is 0 Å². The summed E-state index contributed by atoms with van der Waals surface area (Å²) in [6, 6.07) is 7.92. The van der Waals surface area contributed by atoms with Crippen LogP contribution in [0.3, 0.4) is 0 Å². The van der Waals surface area contributed by atoms with Gasteiger partial charge in [0.15, 0.2) is 0 Å². The van der Waals surface area contributed by atoms with Gasteiger partial charge in [-0.05, 0) is 12.1 Å². The van der Waals surface area contributed by atoms with Crippen LogP contribution in [-0.4, -0.2) is 25.8 Å². The summed E-state index contributed by atoms with van der Waals surface area (Å²) < 4.78 is 2.04. The lowest BCUT2D eigenvalue weighted by Gasteiger charge is -2.13. The Morgan fingerprint density at radius 3 is 2.89 bits per heavy atom. The molecule has 0 amide bonds. The minimum atomic E-state index is -0.564. The molecule has 0 bridgehead atoms. The molecule has 0 spiro atoms. The molecule has 0 aliphatic carbocycles. The standard InChI is InChI=1S/C13H17N3OS/c1-2-13-15-10-5-3-4-6-11(10)16(13)8-9(17)7-12(14)18/h3-6,9,17H,2,7-8H2,1H3,(H2,14,18). The van der Waals surface area contributed by atoms with E-state index >= 15 is 0 Å². The predicted molar refractivity (Wildman–Crippen MR) is 76.5 cm³/mol. The third kappa shape index (κ3) is 2.68. The fourth-order valence-electron chi connectivity index (χ4n) is 2.11. The first kappa shape index (κ1) is 13.0. The lowest BCUT2D eigenvalue weighted by atomic mass is 10.2. The number of aromatic nitrogens is 2. The van der Waals surface area contributed by atoms with Gasteiger partial charge in [0.05, 0.1) is 28.7 Å². The molecule has 5 heteroatoms. The van der Waals surface area contributed by atoms with Gasteiger partial charge in [-0.2, -0.15) is 0 Å². The third-order valence-corrected chi connectivity index (χ3v) is 3.05. The van der Waals surface area contributed by atoms with E-state index in [1.54, 1.807) is 0 Å². The summed E-state index contributed by atoms with van der Waals surface area (Å²) in [7, 11) is 0. The second kappa shape index (κ2) is 5.46. The van der Waals surface area contributed by atoms with Crippen molar-refractivity contribution in [1.29, 1.82) is 0 Å². The van der Waals surface area contributed by atoms with Gasteiger partial charge in [0.2, 0.25) is 0 Å². The molecule has 0 saturated carbocycles. The summed E-state index contributed by atoms with van der Waals surface area (Å²) in [5, 5.41) is 9.95. The zero-order chi connectivity index (χ0) is 13.1. The summed E-state index contributed by atoms with van der Waals surface area (Å²) in [6.45, 7) is 2.53. The van der Waals surface area contributed by atoms with Crippen molar-refractivity contribution in [2.24, 2.45) is 5.73 Å². The van der Waals surface area contributed by atoms with Crippen LogP contribution in [0, 0.1) is 0 Å². The Labute approximate surface area is 111 Å². The van der Waals surface area contributed by atoms with Gasteiger partial charge in [-0.3, -0.25) is 0 Å². The maximum absolute atomic E-state index is 9.95. The van der Waals surface area contributed by atoms with E-state index < -0.39 is 6.10 Å². The van der Waals surface area contributed by atoms with Crippen LogP contribution in [0.5, 0.6) is 0 Å². The number of rotatable bonds is 5. The highest BCUT2D eigenvalue weighted by atomic mass is 32.1. The molecule has 1 aromatic carbocycles. The first-order valence-electron chi connectivity index (χ1n) is 6.02. The molecule has 0 saturated heterocycles. The number of aliphatic hydroxyl groups excluding tert-OH is 1. The quantitative estimate of drug-likeness (QED) is 0.805. The van der Waals surface area contributed by atoms with Gasteiger partial charge in [-0.25, -0.2) is 4.98 Å². The molecule has 0 aliphatic heterocycles. The van der Waals surface area contributed by atoms with Crippen molar-refractivity contribution in [2.45, 2.75) is 32.4 Å². The number of benzene rings is 1. The minimum absolute atomic E-state index is 0.338. The largest absolute Gasteiger partial charge is 0.393 e. The van der Waals surface area contributed by atoms with Crippen molar-refractivity contribution in [3.8, 4) is 0 Å². The molecule has 4 nitrogen and oxygen atoms in total. The number of para-hydroxylation sites is 2. The summed E-state index contributed by atoms with van der Waals surface area (Å²) in [6.07, 6.45) is 0.602. The molecule has 0 aliphatic rings. The minimum Gasteiger partial charge on any atom is -0.393 e. The Hall–Kier alpha value is -1.46. The van der Waals surface area contributed by atoms with E-state index in [-0.39, 0.29) is 0 Å². The topological polar surface area (TPSA) is 64.1 Å². The molecule has 2 aromatic rings. The van der Waals surface area contributed by atoms with Crippen LogP contribution in [0.2, 0.25) is 0 Å². The maximum atomic E-state index is 9.95. The van der Waals surface area contributed by atoms with Crippen molar-refractivity contribution >= 4 is 28.2 Å². The highest BCUT2D eigenvalue weighted by molar-refractivity contribution is 7.80. The lowest BCUT2D eigenvalue weighted by molar-refractivity contribution is 0.162. The molecule has 1 aromatic heterocycles. The van der Waals surface area contributed by atoms with Crippen LogP contribution in [-0.2, 0) is 13.0 Å². The van der Waals surface area contributed by atoms with Crippen molar-refractivity contribution in [3.05, 3.63) is 30.1 Å². The smallest absolute Gasteiger partial charge is 0.109 e. The number of fused-ring (bicyclic) bond motifs is 1. The molecule has 18 heavy (non-hydrogen) atoms. The van der Waals surface area contributed by atoms with Gasteiger partial charge >= 0.3 is 0 Å². The van der Waals surface area contributed by atoms with Crippen LogP contribution < -0.4 is 5.73 Å². The average Bonchev–Trinajstić information content (AvgIpc) is 2.66. The zero-order valence-corrected chi connectivity index (χ0v) is 11.2. The van der Waals surface area contributed by atoms with E-state index in [1.165, 1.54) is 0 Å². The maximum Gasteiger partial charge on any atom is 0.109 e. The molecule has 0 radical (unpaired) electrons. The average molecular weight is 263 g/mol. The monoisotopic (exact) mass is 263 g/mol. The highest BCUT2D eigenvalue weighted by Crippen LogP contribution is 2.17. The first-order valence-corrected chi connectivity index (χ1v) is 6.43. The summed E-state index contributed by atoms with van der Waals surface area (Å²) in [5.41, 5.74) is 7.45. The van der Waals surface area contributed by atoms with E-state index in [4.69, 9.17) is 18.0 Å². The fraction of sp³-hybridized carbons (Fsp3) is 0.385. The Morgan fingerprint density at radius 2 is 2.22 bits per heavy atom. The Morgan fingerprint density at radius 1 is 1.50 bits per heavy atom. The number of hydrogen-bond donors (Lipinski definition) is 2. The van der Waals surface area contributed by atoms with E-state index in [9.17, 15) is 5.11 Å². The van der Waals surface area contributed by atoms with Gasteiger partial charge in [0.25, 0.3) is 0 Å². The summed E-state index contributed by atoms with van der Waals surface area (Å²) >= 11 is 4.82. The van der Waals surface area contributed by atoms with Crippen LogP contribution >= 0.6 is 12.2 Å². The third-order valence-electron chi connectivity index (χ3n) is 2.88. The number of imidazole rings is 1. The lowest BCUT2D eigenvalue weighted by Crippen LogP contribution is -2.23. The van der Waals surface area contributed by atoms with Crippen LogP contribution in [0.4, 0.5) is 0 Å². The number of aryl methyl sites for hydroxylation is 1. The van der Waals surface area contributed by atoms with Crippen LogP contribution in [0.25, 0.3) is 11.0 Å². The van der Waals surface area contributed by atoms with Gasteiger partial charge < -0.3 is 15.4 Å². The predicted octanol–water partition coefficient (Wildman–Crippen LogP) is 1.64. The van der Waals surface area contributed by atoms with Gasteiger partial charge in [-0.1, -0.05) is 31.3 Å². The summed E-state index contributed by atoms with van der Waals surface area (Å²) in [4.78, 5) is 4.89. The van der Waals surface area contributed by atoms with E-state index in [1.807, 2.05) is 28.8 Å². The van der Waals surface area contributed by atoms with E-state index in [0.29, 0.717) is 18.0 Å². The highest BCUT2D eigenvalue weighted by Gasteiger charge is 2.13. The molecule has 1 atom stereocenters. The number of aliphatic hydroxyl groups is 1. The fourth-order valence-corrected chi connectivity index (χ4v) is 2.30. The van der Waals surface area contributed by atoms with Crippen molar-refractivity contribution in [1.82, 2.24) is 9.55 Å². The molecule has 96 valence electrons. The van der Waals surface area contributed by atoms with Crippen LogP contribution in [0.15, 0.2) is 24.3 Å². The number of nitrogens with two attached hydrogens (primary N) is 1. The Kier molecular flexibility index (Phi) is 3.93. The normalized spacial score (nSPS) is 12.8. The number of thiocarbonyl (C=S) groups is 1. The Balaban J connectivity index is 2.33. The second-order valence-corrected chi connectivity index (χ2v) is 4.83. The van der Waals surface area contributed by atoms with E-state index in [0.717, 1.165) is 23.3 Å². The molecular weight excluding hydrogens is 246 g/mol. The SMILES string of the molecule is CCc1nc2ccccc2n1CC(O)CC(N)=S. The van der Waals surface area contributed by atoms with Crippen LogP contribution in [0.1, 0.15) is 19.2 Å². The van der Waals surface area contributed by atoms with E-state index in [2.05, 4.69) is 11.9 Å². The van der Waals surface area contributed by atoms with Gasteiger partial charge in [0.1, 0.15) is 5.82 Å². The molecule has 2 rings (SSSR count). The van der Waals surface area contributed by atoms with Gasteiger partial charge in [0, 0.05) is 12.8 Å². The van der Waals surface area contributed by atoms with Gasteiger partial charge in [-0.15, -0.1) is 0 Å². The second-order valence-electron chi connectivity index (χ2n) is 4.31. The number of hydrogen-bond acceptors (Lipinski definition) is 3. The molecule has 1 unspecified atom stereocenters. The molecule has 3 N–H and O–H groups in total. The molecule has 0 fully saturated rings.